The van der Waals surface area contributed by atoms with Crippen LogP contribution in [0.1, 0.15) is 22.7 Å². The highest BCUT2D eigenvalue weighted by Crippen LogP contribution is 2.49. The van der Waals surface area contributed by atoms with Gasteiger partial charge in [-0.15, -0.1) is 0 Å². The molecule has 0 radical (unpaired) electrons. The maximum Gasteiger partial charge on any atom is 0.0538 e. The summed E-state index contributed by atoms with van der Waals surface area (Å²) in [6.07, 6.45) is 0.967. The summed E-state index contributed by atoms with van der Waals surface area (Å²) in [5.41, 5.74) is 19.7. The van der Waals surface area contributed by atoms with Crippen LogP contribution in [0.4, 0.5) is 17.1 Å². The van der Waals surface area contributed by atoms with Crippen LogP contribution in [0.3, 0.4) is 0 Å². The summed E-state index contributed by atoms with van der Waals surface area (Å²) in [6, 6.07) is 86.1. The van der Waals surface area contributed by atoms with Crippen LogP contribution < -0.4 is 4.90 Å². The van der Waals surface area contributed by atoms with Crippen molar-refractivity contribution in [2.45, 2.75) is 12.3 Å². The van der Waals surface area contributed by atoms with Gasteiger partial charge in [0.15, 0.2) is 0 Å². The molecule has 0 N–H and O–H groups in total. The SMILES string of the molecule is c1ccc(-c2ccc(N(c3ccc(-c4ccccc4)cc3)c3cccc(-c4ccc(-n5c6c(c7ccccc75)-c5ccccc5CC6c5ccccc5)cc4)c3)cc2)cc1. The van der Waals surface area contributed by atoms with E-state index in [9.17, 15) is 0 Å². The van der Waals surface area contributed by atoms with Crippen molar-refractivity contribution in [2.75, 3.05) is 4.90 Å². The van der Waals surface area contributed by atoms with Gasteiger partial charge in [0, 0.05) is 45.3 Å². The fourth-order valence-electron chi connectivity index (χ4n) is 9.31. The zero-order valence-corrected chi connectivity index (χ0v) is 33.2. The molecule has 0 saturated carbocycles. The lowest BCUT2D eigenvalue weighted by Gasteiger charge is -2.28. The quantitative estimate of drug-likeness (QED) is 0.150. The molecule has 1 aliphatic carbocycles. The van der Waals surface area contributed by atoms with Gasteiger partial charge in [-0.05, 0) is 111 Å². The predicted octanol–water partition coefficient (Wildman–Crippen LogP) is 15.5. The predicted molar refractivity (Wildman–Crippen MR) is 252 cm³/mol. The second kappa shape index (κ2) is 15.2. The third-order valence-electron chi connectivity index (χ3n) is 12.2. The minimum absolute atomic E-state index is 0.231. The van der Waals surface area contributed by atoms with Gasteiger partial charge in [-0.3, -0.25) is 0 Å². The maximum absolute atomic E-state index is 2.53. The monoisotopic (exact) mass is 766 g/mol. The van der Waals surface area contributed by atoms with Crippen molar-refractivity contribution in [3.05, 3.63) is 253 Å². The molecule has 10 aromatic rings. The Labute approximate surface area is 351 Å². The number of hydrogen-bond acceptors (Lipinski definition) is 1. The summed E-state index contributed by atoms with van der Waals surface area (Å²) in [7, 11) is 0. The molecule has 1 aliphatic rings. The van der Waals surface area contributed by atoms with E-state index in [1.54, 1.807) is 0 Å². The van der Waals surface area contributed by atoms with E-state index in [-0.39, 0.29) is 5.92 Å². The third kappa shape index (κ3) is 6.40. The highest BCUT2D eigenvalue weighted by molar-refractivity contribution is 6.01. The first-order valence-corrected chi connectivity index (χ1v) is 20.9. The van der Waals surface area contributed by atoms with E-state index in [1.807, 2.05) is 0 Å². The lowest BCUT2D eigenvalue weighted by Crippen LogP contribution is -2.16. The van der Waals surface area contributed by atoms with Crippen LogP contribution in [0, 0.1) is 0 Å². The van der Waals surface area contributed by atoms with Gasteiger partial charge < -0.3 is 9.47 Å². The molecule has 0 saturated heterocycles. The standard InChI is InChI=1S/C58H42N2/c1-4-15-41(16-5-1)43-27-33-49(34-28-43)59(50-35-29-44(30-36-50)42-17-6-2-7-18-42)52-23-14-22-47(39-52)45-31-37-51(38-32-45)60-56-26-13-12-25-54(56)57-53-24-11-10-21-48(53)40-55(58(57)60)46-19-8-3-9-20-46/h1-39,55H,40H2. The van der Waals surface area contributed by atoms with Gasteiger partial charge in [-0.25, -0.2) is 0 Å². The minimum atomic E-state index is 0.231. The van der Waals surface area contributed by atoms with Crippen LogP contribution in [0.25, 0.3) is 61.1 Å². The first-order valence-electron chi connectivity index (χ1n) is 20.9. The summed E-state index contributed by atoms with van der Waals surface area (Å²) < 4.78 is 2.53. The van der Waals surface area contributed by atoms with E-state index in [1.165, 1.54) is 77.9 Å². The Hall–Kier alpha value is -7.68. The zero-order valence-electron chi connectivity index (χ0n) is 33.2. The molecule has 9 aromatic carbocycles. The molecule has 0 spiro atoms. The van der Waals surface area contributed by atoms with E-state index in [4.69, 9.17) is 0 Å². The van der Waals surface area contributed by atoms with Crippen molar-refractivity contribution in [3.8, 4) is 50.2 Å². The van der Waals surface area contributed by atoms with Gasteiger partial charge in [0.25, 0.3) is 0 Å². The molecule has 284 valence electrons. The largest absolute Gasteiger partial charge is 0.312 e. The fourth-order valence-corrected chi connectivity index (χ4v) is 9.31. The molecule has 0 aliphatic heterocycles. The lowest BCUT2D eigenvalue weighted by atomic mass is 9.78. The van der Waals surface area contributed by atoms with Crippen molar-refractivity contribution < 1.29 is 0 Å². The van der Waals surface area contributed by atoms with Crippen molar-refractivity contribution in [3.63, 3.8) is 0 Å². The Bertz CT molecular complexity index is 2990. The van der Waals surface area contributed by atoms with Crippen LogP contribution >= 0.6 is 0 Å². The smallest absolute Gasteiger partial charge is 0.0538 e. The van der Waals surface area contributed by atoms with Crippen LogP contribution in [-0.4, -0.2) is 4.57 Å². The minimum Gasteiger partial charge on any atom is -0.312 e. The molecule has 1 aromatic heterocycles. The number of anilines is 3. The van der Waals surface area contributed by atoms with Crippen LogP contribution in [0.2, 0.25) is 0 Å². The van der Waals surface area contributed by atoms with Crippen LogP contribution in [0.15, 0.2) is 237 Å². The van der Waals surface area contributed by atoms with Crippen molar-refractivity contribution in [2.24, 2.45) is 0 Å². The Morgan fingerprint density at radius 1 is 0.383 bits per heavy atom. The van der Waals surface area contributed by atoms with E-state index in [0.29, 0.717) is 0 Å². The Balaban J connectivity index is 0.992. The first-order chi connectivity index (χ1) is 29.8. The molecule has 0 amide bonds. The number of rotatable bonds is 8. The molecular formula is C58H42N2. The normalized spacial score (nSPS) is 13.1. The van der Waals surface area contributed by atoms with Crippen molar-refractivity contribution >= 4 is 28.0 Å². The Morgan fingerprint density at radius 3 is 1.53 bits per heavy atom. The van der Waals surface area contributed by atoms with Crippen molar-refractivity contribution in [1.29, 1.82) is 0 Å². The Morgan fingerprint density at radius 2 is 0.883 bits per heavy atom. The van der Waals surface area contributed by atoms with Crippen molar-refractivity contribution in [1.82, 2.24) is 4.57 Å². The molecule has 1 atom stereocenters. The molecule has 2 nitrogen and oxygen atoms in total. The molecular weight excluding hydrogens is 725 g/mol. The number of aromatic nitrogens is 1. The van der Waals surface area contributed by atoms with E-state index in [2.05, 4.69) is 246 Å². The highest BCUT2D eigenvalue weighted by Gasteiger charge is 2.32. The lowest BCUT2D eigenvalue weighted by molar-refractivity contribution is 0.746. The molecule has 0 fully saturated rings. The zero-order chi connectivity index (χ0) is 39.8. The molecule has 60 heavy (non-hydrogen) atoms. The molecule has 11 rings (SSSR count). The van der Waals surface area contributed by atoms with E-state index in [0.717, 1.165) is 23.5 Å². The summed E-state index contributed by atoms with van der Waals surface area (Å²) in [4.78, 5) is 2.36. The Kier molecular flexibility index (Phi) is 9.02. The average molecular weight is 767 g/mol. The van der Waals surface area contributed by atoms with Gasteiger partial charge >= 0.3 is 0 Å². The fraction of sp³-hybridized carbons (Fsp3) is 0.0345. The molecule has 2 heteroatoms. The molecule has 1 unspecified atom stereocenters. The summed E-state index contributed by atoms with van der Waals surface area (Å²) in [5.74, 6) is 0.231. The summed E-state index contributed by atoms with van der Waals surface area (Å²) in [6.45, 7) is 0. The highest BCUT2D eigenvalue weighted by atomic mass is 15.1. The summed E-state index contributed by atoms with van der Waals surface area (Å²) >= 11 is 0. The number of hydrogen-bond donors (Lipinski definition) is 0. The van der Waals surface area contributed by atoms with Crippen LogP contribution in [-0.2, 0) is 6.42 Å². The first kappa shape index (κ1) is 35.5. The average Bonchev–Trinajstić information content (AvgIpc) is 3.68. The molecule has 0 bridgehead atoms. The number of para-hydroxylation sites is 1. The second-order valence-electron chi connectivity index (χ2n) is 15.7. The number of nitrogens with zero attached hydrogens (tertiary/aromatic N) is 2. The van der Waals surface area contributed by atoms with E-state index >= 15 is 0 Å². The topological polar surface area (TPSA) is 8.17 Å². The van der Waals surface area contributed by atoms with Gasteiger partial charge in [-0.2, -0.15) is 0 Å². The van der Waals surface area contributed by atoms with Gasteiger partial charge in [0.05, 0.1) is 5.52 Å². The third-order valence-corrected chi connectivity index (χ3v) is 12.2. The molecule has 1 heterocycles. The van der Waals surface area contributed by atoms with Crippen LogP contribution in [0.5, 0.6) is 0 Å². The van der Waals surface area contributed by atoms with Gasteiger partial charge in [0.2, 0.25) is 0 Å². The maximum atomic E-state index is 2.53. The van der Waals surface area contributed by atoms with E-state index < -0.39 is 0 Å². The number of fused-ring (bicyclic) bond motifs is 5. The summed E-state index contributed by atoms with van der Waals surface area (Å²) in [5, 5.41) is 1.30. The second-order valence-corrected chi connectivity index (χ2v) is 15.7. The number of benzene rings is 9. The van der Waals surface area contributed by atoms with Gasteiger partial charge in [-0.1, -0.05) is 182 Å². The van der Waals surface area contributed by atoms with Gasteiger partial charge in [0.1, 0.15) is 0 Å².